The van der Waals surface area contributed by atoms with Crippen LogP contribution in [0.3, 0.4) is 0 Å². The molecule has 1 fully saturated rings. The van der Waals surface area contributed by atoms with Crippen molar-refractivity contribution in [3.8, 4) is 0 Å². The van der Waals surface area contributed by atoms with Gasteiger partial charge < -0.3 is 30.6 Å². The van der Waals surface area contributed by atoms with Gasteiger partial charge in [0.25, 0.3) is 0 Å². The van der Waals surface area contributed by atoms with Crippen molar-refractivity contribution in [3.05, 3.63) is 35.0 Å². The minimum atomic E-state index is -0.673. The number of aromatic nitrogens is 1. The first-order valence-corrected chi connectivity index (χ1v) is 10.1. The average Bonchev–Trinajstić information content (AvgIpc) is 3.13. The first kappa shape index (κ1) is 21.4. The maximum Gasteiger partial charge on any atom is 0.317 e. The summed E-state index contributed by atoms with van der Waals surface area (Å²) >= 11 is 6.02. The summed E-state index contributed by atoms with van der Waals surface area (Å²) in [6.45, 7) is 1.69. The van der Waals surface area contributed by atoms with Crippen molar-refractivity contribution < 1.29 is 14.3 Å². The molecular formula is C20H28ClN5O3. The number of halogens is 1. The van der Waals surface area contributed by atoms with E-state index in [1.807, 2.05) is 24.3 Å². The van der Waals surface area contributed by atoms with Crippen molar-refractivity contribution in [1.29, 1.82) is 0 Å². The van der Waals surface area contributed by atoms with Crippen LogP contribution < -0.4 is 11.1 Å². The van der Waals surface area contributed by atoms with Crippen LogP contribution in [-0.4, -0.2) is 72.7 Å². The molecule has 2 atom stereocenters. The zero-order valence-corrected chi connectivity index (χ0v) is 17.5. The van der Waals surface area contributed by atoms with Gasteiger partial charge in [-0.05, 0) is 37.1 Å². The van der Waals surface area contributed by atoms with Crippen LogP contribution in [0.5, 0.6) is 0 Å². The molecule has 0 aliphatic carbocycles. The first-order chi connectivity index (χ1) is 13.9. The van der Waals surface area contributed by atoms with Gasteiger partial charge in [0.15, 0.2) is 0 Å². The Labute approximate surface area is 175 Å². The fourth-order valence-corrected chi connectivity index (χ4v) is 3.86. The van der Waals surface area contributed by atoms with Gasteiger partial charge in [-0.2, -0.15) is 0 Å². The topological polar surface area (TPSA) is 104 Å². The van der Waals surface area contributed by atoms with E-state index in [-0.39, 0.29) is 24.6 Å². The average molecular weight is 422 g/mol. The molecule has 3 rings (SSSR count). The number of H-pyrrole nitrogens is 1. The molecule has 29 heavy (non-hydrogen) atoms. The number of ether oxygens (including phenoxy) is 1. The van der Waals surface area contributed by atoms with Crippen molar-refractivity contribution in [2.45, 2.75) is 31.5 Å². The molecular weight excluding hydrogens is 394 g/mol. The molecule has 3 amide bonds. The van der Waals surface area contributed by atoms with Crippen LogP contribution in [0.4, 0.5) is 4.79 Å². The van der Waals surface area contributed by atoms with Crippen molar-refractivity contribution in [2.75, 3.05) is 33.9 Å². The largest absolute Gasteiger partial charge is 0.383 e. The van der Waals surface area contributed by atoms with E-state index in [2.05, 4.69) is 10.3 Å². The highest BCUT2D eigenvalue weighted by Crippen LogP contribution is 2.20. The van der Waals surface area contributed by atoms with Crippen molar-refractivity contribution >= 4 is 34.4 Å². The molecule has 0 saturated carbocycles. The third-order valence-corrected chi connectivity index (χ3v) is 5.54. The molecule has 1 aliphatic rings. The van der Waals surface area contributed by atoms with E-state index < -0.39 is 6.04 Å². The maximum absolute atomic E-state index is 12.6. The molecule has 1 aliphatic heterocycles. The number of fused-ring (bicyclic) bond motifs is 1. The van der Waals surface area contributed by atoms with Gasteiger partial charge in [-0.15, -0.1) is 0 Å². The highest BCUT2D eigenvalue weighted by molar-refractivity contribution is 6.31. The summed E-state index contributed by atoms with van der Waals surface area (Å²) in [5.74, 6) is -0.137. The number of rotatable bonds is 6. The number of piperidine rings is 1. The number of likely N-dealkylation sites (tertiary alicyclic amines) is 1. The first-order valence-electron chi connectivity index (χ1n) is 9.70. The Hall–Kier alpha value is -2.29. The summed E-state index contributed by atoms with van der Waals surface area (Å²) in [5.41, 5.74) is 7.74. The lowest BCUT2D eigenvalue weighted by atomic mass is 10.0. The number of hydrogen-bond acceptors (Lipinski definition) is 4. The fraction of sp³-hybridized carbons (Fsp3) is 0.500. The van der Waals surface area contributed by atoms with E-state index in [1.54, 1.807) is 16.8 Å². The molecule has 0 spiro atoms. The van der Waals surface area contributed by atoms with Gasteiger partial charge in [-0.1, -0.05) is 11.6 Å². The van der Waals surface area contributed by atoms with Gasteiger partial charge in [0.1, 0.15) is 6.04 Å². The van der Waals surface area contributed by atoms with Gasteiger partial charge in [0, 0.05) is 48.9 Å². The summed E-state index contributed by atoms with van der Waals surface area (Å²) < 4.78 is 4.97. The number of hydrogen-bond donors (Lipinski definition) is 3. The normalized spacial score (nSPS) is 17.9. The minimum Gasteiger partial charge on any atom is -0.383 e. The van der Waals surface area contributed by atoms with E-state index >= 15 is 0 Å². The predicted molar refractivity (Wildman–Crippen MR) is 113 cm³/mol. The lowest BCUT2D eigenvalue weighted by molar-refractivity contribution is -0.135. The third-order valence-electron chi connectivity index (χ3n) is 5.31. The number of aromatic amines is 1. The molecule has 0 radical (unpaired) electrons. The quantitative estimate of drug-likeness (QED) is 0.662. The number of methoxy groups -OCH3 is 1. The Morgan fingerprint density at radius 1 is 1.45 bits per heavy atom. The molecule has 2 heterocycles. The smallest absolute Gasteiger partial charge is 0.317 e. The van der Waals surface area contributed by atoms with E-state index in [1.165, 1.54) is 7.11 Å². The SMILES string of the molecule is COC[C@H](N)C(=O)N1CCC[C@@H](N(C)C(=O)NCc2cc3cc(Cl)ccc3[nH]2)C1. The second-order valence-corrected chi connectivity index (χ2v) is 7.87. The van der Waals surface area contributed by atoms with Crippen molar-refractivity contribution in [2.24, 2.45) is 5.73 Å². The molecule has 8 nitrogen and oxygen atoms in total. The molecule has 1 saturated heterocycles. The number of benzene rings is 1. The Bertz CT molecular complexity index is 871. The molecule has 2 aromatic rings. The fourth-order valence-electron chi connectivity index (χ4n) is 3.68. The molecule has 0 unspecified atom stereocenters. The monoisotopic (exact) mass is 421 g/mol. The zero-order valence-electron chi connectivity index (χ0n) is 16.8. The summed E-state index contributed by atoms with van der Waals surface area (Å²) in [7, 11) is 3.28. The van der Waals surface area contributed by atoms with Crippen LogP contribution in [0, 0.1) is 0 Å². The van der Waals surface area contributed by atoms with Crippen LogP contribution >= 0.6 is 11.6 Å². The number of nitrogens with two attached hydrogens (primary N) is 1. The maximum atomic E-state index is 12.6. The van der Waals surface area contributed by atoms with Crippen LogP contribution in [-0.2, 0) is 16.1 Å². The highest BCUT2D eigenvalue weighted by atomic mass is 35.5. The number of carbonyl (C=O) groups excluding carboxylic acids is 2. The Balaban J connectivity index is 1.55. The van der Waals surface area contributed by atoms with Crippen LogP contribution in [0.2, 0.25) is 5.02 Å². The number of urea groups is 1. The summed E-state index contributed by atoms with van der Waals surface area (Å²) in [6, 6.07) is 6.69. The lowest BCUT2D eigenvalue weighted by Crippen LogP contribution is -2.55. The van der Waals surface area contributed by atoms with Crippen LogP contribution in [0.15, 0.2) is 24.3 Å². The Morgan fingerprint density at radius 2 is 2.24 bits per heavy atom. The molecule has 0 bridgehead atoms. The van der Waals surface area contributed by atoms with Crippen molar-refractivity contribution in [3.63, 3.8) is 0 Å². The van der Waals surface area contributed by atoms with Gasteiger partial charge >= 0.3 is 6.03 Å². The summed E-state index contributed by atoms with van der Waals surface area (Å²) in [4.78, 5) is 31.7. The number of nitrogens with one attached hydrogen (secondary N) is 2. The van der Waals surface area contributed by atoms with E-state index in [0.29, 0.717) is 24.7 Å². The number of amides is 3. The zero-order chi connectivity index (χ0) is 21.0. The second-order valence-electron chi connectivity index (χ2n) is 7.44. The van der Waals surface area contributed by atoms with E-state index in [4.69, 9.17) is 22.1 Å². The predicted octanol–water partition coefficient (Wildman–Crippen LogP) is 1.93. The summed E-state index contributed by atoms with van der Waals surface area (Å²) in [6.07, 6.45) is 1.68. The van der Waals surface area contributed by atoms with Crippen LogP contribution in [0.1, 0.15) is 18.5 Å². The highest BCUT2D eigenvalue weighted by Gasteiger charge is 2.30. The third kappa shape index (κ3) is 5.20. The van der Waals surface area contributed by atoms with Gasteiger partial charge in [0.05, 0.1) is 19.2 Å². The van der Waals surface area contributed by atoms with Crippen molar-refractivity contribution in [1.82, 2.24) is 20.1 Å². The Morgan fingerprint density at radius 3 is 3.00 bits per heavy atom. The van der Waals surface area contributed by atoms with Gasteiger partial charge in [-0.3, -0.25) is 4.79 Å². The summed E-state index contributed by atoms with van der Waals surface area (Å²) in [5, 5.41) is 4.61. The second kappa shape index (κ2) is 9.47. The lowest BCUT2D eigenvalue weighted by Gasteiger charge is -2.38. The molecule has 1 aromatic carbocycles. The van der Waals surface area contributed by atoms with Gasteiger partial charge in [0.2, 0.25) is 5.91 Å². The number of likely N-dealkylation sites (N-methyl/N-ethyl adjacent to an activating group) is 1. The Kier molecular flexibility index (Phi) is 7.00. The standard InChI is InChI=1S/C20H28ClN5O3/c1-25(16-4-3-7-26(11-16)19(27)17(22)12-29-2)20(28)23-10-15-9-13-8-14(21)5-6-18(13)24-15/h5-6,8-9,16-17,24H,3-4,7,10-12,22H2,1-2H3,(H,23,28)/t16-,17+/m1/s1. The minimum absolute atomic E-state index is 0.0519. The molecule has 1 aromatic heterocycles. The van der Waals surface area contributed by atoms with Gasteiger partial charge in [-0.25, -0.2) is 4.79 Å². The number of carbonyl (C=O) groups is 2. The number of nitrogens with zero attached hydrogens (tertiary/aromatic N) is 2. The van der Waals surface area contributed by atoms with Crippen LogP contribution in [0.25, 0.3) is 10.9 Å². The van der Waals surface area contributed by atoms with E-state index in [0.717, 1.165) is 29.4 Å². The molecule has 158 valence electrons. The molecule has 9 heteroatoms. The van der Waals surface area contributed by atoms with E-state index in [9.17, 15) is 9.59 Å². The molecule has 4 N–H and O–H groups in total.